The number of carbonyl (C=O) groups excluding carboxylic acids is 1. The lowest BCUT2D eigenvalue weighted by Gasteiger charge is -2.31. The average molecular weight is 398 g/mol. The molecule has 0 atom stereocenters. The van der Waals surface area contributed by atoms with Gasteiger partial charge in [0.25, 0.3) is 5.91 Å². The second kappa shape index (κ2) is 8.45. The van der Waals surface area contributed by atoms with Crippen molar-refractivity contribution in [3.63, 3.8) is 0 Å². The Morgan fingerprint density at radius 1 is 1.28 bits per heavy atom. The van der Waals surface area contributed by atoms with E-state index in [2.05, 4.69) is 20.2 Å². The van der Waals surface area contributed by atoms with Gasteiger partial charge >= 0.3 is 0 Å². The Bertz CT molecular complexity index is 877. The minimum absolute atomic E-state index is 0.193. The van der Waals surface area contributed by atoms with Crippen molar-refractivity contribution in [1.29, 1.82) is 0 Å². The minimum Gasteiger partial charge on any atom is -0.378 e. The van der Waals surface area contributed by atoms with E-state index in [1.165, 1.54) is 12.1 Å². The SMILES string of the molecule is CCc1nc(N2CCOCC2)ncc1C(=O)NC1(c2cccc(F)c2)CCCC1. The van der Waals surface area contributed by atoms with E-state index in [0.29, 0.717) is 31.1 Å². The summed E-state index contributed by atoms with van der Waals surface area (Å²) in [7, 11) is 0. The predicted octanol–water partition coefficient (Wildman–Crippen LogP) is 3.21. The molecule has 2 fully saturated rings. The fourth-order valence-electron chi connectivity index (χ4n) is 4.32. The van der Waals surface area contributed by atoms with E-state index in [0.717, 1.165) is 50.0 Å². The number of hydrogen-bond donors (Lipinski definition) is 1. The van der Waals surface area contributed by atoms with Gasteiger partial charge in [-0.15, -0.1) is 0 Å². The molecule has 6 nitrogen and oxygen atoms in total. The summed E-state index contributed by atoms with van der Waals surface area (Å²) in [6, 6.07) is 6.56. The largest absolute Gasteiger partial charge is 0.378 e. The van der Waals surface area contributed by atoms with Gasteiger partial charge in [-0.3, -0.25) is 4.79 Å². The Hall–Kier alpha value is -2.54. The lowest BCUT2D eigenvalue weighted by atomic mass is 9.87. The summed E-state index contributed by atoms with van der Waals surface area (Å²) in [5.74, 6) is 0.166. The fourth-order valence-corrected chi connectivity index (χ4v) is 4.32. The van der Waals surface area contributed by atoms with Gasteiger partial charge in [0.05, 0.1) is 30.0 Å². The van der Waals surface area contributed by atoms with E-state index in [1.807, 2.05) is 13.0 Å². The number of halogens is 1. The molecule has 2 aliphatic rings. The zero-order valence-corrected chi connectivity index (χ0v) is 16.8. The van der Waals surface area contributed by atoms with E-state index in [1.54, 1.807) is 12.3 Å². The highest BCUT2D eigenvalue weighted by atomic mass is 19.1. The first-order valence-corrected chi connectivity index (χ1v) is 10.4. The van der Waals surface area contributed by atoms with Crippen LogP contribution < -0.4 is 10.2 Å². The maximum atomic E-state index is 13.8. The molecule has 2 heterocycles. The van der Waals surface area contributed by atoms with Crippen molar-refractivity contribution in [2.24, 2.45) is 0 Å². The van der Waals surface area contributed by atoms with Crippen molar-refractivity contribution in [3.05, 3.63) is 53.1 Å². The highest BCUT2D eigenvalue weighted by molar-refractivity contribution is 5.95. The summed E-state index contributed by atoms with van der Waals surface area (Å²) < 4.78 is 19.2. The van der Waals surface area contributed by atoms with Crippen LogP contribution in [0.15, 0.2) is 30.5 Å². The van der Waals surface area contributed by atoms with Gasteiger partial charge in [0, 0.05) is 19.3 Å². The second-order valence-electron chi connectivity index (χ2n) is 7.74. The number of benzene rings is 1. The highest BCUT2D eigenvalue weighted by Gasteiger charge is 2.38. The number of morpholine rings is 1. The van der Waals surface area contributed by atoms with Gasteiger partial charge in [-0.1, -0.05) is 31.9 Å². The highest BCUT2D eigenvalue weighted by Crippen LogP contribution is 2.39. The molecule has 7 heteroatoms. The van der Waals surface area contributed by atoms with Crippen LogP contribution in [0.3, 0.4) is 0 Å². The fraction of sp³-hybridized carbons (Fsp3) is 0.500. The van der Waals surface area contributed by atoms with E-state index in [9.17, 15) is 9.18 Å². The first-order chi connectivity index (χ1) is 14.1. The number of nitrogens with zero attached hydrogens (tertiary/aromatic N) is 3. The number of anilines is 1. The van der Waals surface area contributed by atoms with Crippen molar-refractivity contribution in [1.82, 2.24) is 15.3 Å². The molecule has 1 aromatic heterocycles. The van der Waals surface area contributed by atoms with Gasteiger partial charge in [-0.25, -0.2) is 14.4 Å². The predicted molar refractivity (Wildman–Crippen MR) is 108 cm³/mol. The standard InChI is InChI=1S/C22H27FN4O2/c1-2-19-18(15-24-21(25-19)27-10-12-29-13-11-27)20(28)26-22(8-3-4-9-22)16-6-5-7-17(23)14-16/h5-7,14-15H,2-4,8-13H2,1H3,(H,26,28). The van der Waals surface area contributed by atoms with Crippen LogP contribution in [0.4, 0.5) is 10.3 Å². The van der Waals surface area contributed by atoms with Crippen LogP contribution >= 0.6 is 0 Å². The van der Waals surface area contributed by atoms with Crippen LogP contribution in [0, 0.1) is 5.82 Å². The van der Waals surface area contributed by atoms with Gasteiger partial charge < -0.3 is 15.0 Å². The monoisotopic (exact) mass is 398 g/mol. The summed E-state index contributed by atoms with van der Waals surface area (Å²) in [4.78, 5) is 24.4. The van der Waals surface area contributed by atoms with Crippen LogP contribution in [0.5, 0.6) is 0 Å². The van der Waals surface area contributed by atoms with Crippen LogP contribution in [-0.4, -0.2) is 42.2 Å². The molecular formula is C22H27FN4O2. The lowest BCUT2D eigenvalue weighted by Crippen LogP contribution is -2.44. The Balaban J connectivity index is 1.59. The second-order valence-corrected chi connectivity index (χ2v) is 7.74. The van der Waals surface area contributed by atoms with Gasteiger partial charge in [-0.05, 0) is 37.0 Å². The summed E-state index contributed by atoms with van der Waals surface area (Å²) in [6.45, 7) is 4.79. The number of nitrogens with one attached hydrogen (secondary N) is 1. The summed E-state index contributed by atoms with van der Waals surface area (Å²) in [5.41, 5.74) is 1.51. The Morgan fingerprint density at radius 2 is 2.03 bits per heavy atom. The van der Waals surface area contributed by atoms with Gasteiger partial charge in [0.15, 0.2) is 0 Å². The maximum Gasteiger partial charge on any atom is 0.255 e. The number of carbonyl (C=O) groups is 1. The molecule has 0 spiro atoms. The molecule has 1 saturated carbocycles. The molecule has 2 aromatic rings. The molecule has 0 bridgehead atoms. The summed E-state index contributed by atoms with van der Waals surface area (Å²) in [6.07, 6.45) is 5.87. The molecule has 1 aliphatic heterocycles. The van der Waals surface area contributed by atoms with E-state index < -0.39 is 5.54 Å². The molecule has 29 heavy (non-hydrogen) atoms. The molecule has 1 amide bonds. The average Bonchev–Trinajstić information content (AvgIpc) is 3.23. The van der Waals surface area contributed by atoms with Crippen LogP contribution in [0.2, 0.25) is 0 Å². The zero-order valence-electron chi connectivity index (χ0n) is 16.8. The quantitative estimate of drug-likeness (QED) is 0.838. The molecule has 0 unspecified atom stereocenters. The van der Waals surface area contributed by atoms with Crippen molar-refractivity contribution in [3.8, 4) is 0 Å². The maximum absolute atomic E-state index is 13.8. The molecule has 1 aliphatic carbocycles. The van der Waals surface area contributed by atoms with Crippen LogP contribution in [-0.2, 0) is 16.7 Å². The third-order valence-electron chi connectivity index (χ3n) is 5.92. The van der Waals surface area contributed by atoms with E-state index in [-0.39, 0.29) is 11.7 Å². The lowest BCUT2D eigenvalue weighted by molar-refractivity contribution is 0.0896. The number of hydrogen-bond acceptors (Lipinski definition) is 5. The minimum atomic E-state index is -0.535. The van der Waals surface area contributed by atoms with Crippen molar-refractivity contribution in [2.75, 3.05) is 31.2 Å². The van der Waals surface area contributed by atoms with Gasteiger partial charge in [-0.2, -0.15) is 0 Å². The summed E-state index contributed by atoms with van der Waals surface area (Å²) >= 11 is 0. The number of aromatic nitrogens is 2. The smallest absolute Gasteiger partial charge is 0.255 e. The van der Waals surface area contributed by atoms with Crippen molar-refractivity contribution < 1.29 is 13.9 Å². The Morgan fingerprint density at radius 3 is 2.72 bits per heavy atom. The van der Waals surface area contributed by atoms with E-state index >= 15 is 0 Å². The Kier molecular flexibility index (Phi) is 5.76. The van der Waals surface area contributed by atoms with Crippen LogP contribution in [0.25, 0.3) is 0 Å². The first kappa shape index (κ1) is 19.8. The molecule has 1 aromatic carbocycles. The third kappa shape index (κ3) is 4.10. The first-order valence-electron chi connectivity index (χ1n) is 10.4. The zero-order chi connectivity index (χ0) is 20.3. The number of aryl methyl sites for hydroxylation is 1. The summed E-state index contributed by atoms with van der Waals surface area (Å²) in [5, 5.41) is 3.21. The third-order valence-corrected chi connectivity index (χ3v) is 5.92. The van der Waals surface area contributed by atoms with Crippen molar-refractivity contribution in [2.45, 2.75) is 44.6 Å². The van der Waals surface area contributed by atoms with Crippen molar-refractivity contribution >= 4 is 11.9 Å². The van der Waals surface area contributed by atoms with Gasteiger partial charge in [0.1, 0.15) is 5.82 Å². The number of ether oxygens (including phenoxy) is 1. The topological polar surface area (TPSA) is 67.3 Å². The number of amides is 1. The molecule has 1 saturated heterocycles. The molecular weight excluding hydrogens is 371 g/mol. The van der Waals surface area contributed by atoms with Crippen LogP contribution in [0.1, 0.15) is 54.2 Å². The molecule has 154 valence electrons. The molecule has 4 rings (SSSR count). The van der Waals surface area contributed by atoms with Gasteiger partial charge in [0.2, 0.25) is 5.95 Å². The molecule has 1 N–H and O–H groups in total. The molecule has 0 radical (unpaired) electrons. The normalized spacial score (nSPS) is 18.6. The Labute approximate surface area is 170 Å². The number of rotatable bonds is 5. The van der Waals surface area contributed by atoms with E-state index in [4.69, 9.17) is 4.74 Å².